The van der Waals surface area contributed by atoms with Gasteiger partial charge in [-0.3, -0.25) is 0 Å². The maximum absolute atomic E-state index is 9.59. The van der Waals surface area contributed by atoms with Crippen LogP contribution in [0.2, 0.25) is 5.15 Å². The molecule has 0 radical (unpaired) electrons. The van der Waals surface area contributed by atoms with Crippen LogP contribution in [0, 0.1) is 18.8 Å². The number of nitrogens with zero attached hydrogens (tertiary/aromatic N) is 2. The molecule has 1 fully saturated rings. The van der Waals surface area contributed by atoms with Gasteiger partial charge in [-0.15, -0.1) is 0 Å². The van der Waals surface area contributed by atoms with Gasteiger partial charge in [-0.05, 0) is 44.1 Å². The van der Waals surface area contributed by atoms with Crippen molar-refractivity contribution in [1.82, 2.24) is 9.97 Å². The van der Waals surface area contributed by atoms with Crippen molar-refractivity contribution >= 4 is 23.4 Å². The molecule has 3 atom stereocenters. The third kappa shape index (κ3) is 3.44. The number of aromatic nitrogens is 2. The zero-order valence-corrected chi connectivity index (χ0v) is 15.6. The molecule has 5 nitrogen and oxygen atoms in total. The Bertz CT molecular complexity index is 765. The van der Waals surface area contributed by atoms with E-state index >= 15 is 0 Å². The van der Waals surface area contributed by atoms with Gasteiger partial charge in [0.1, 0.15) is 11.0 Å². The summed E-state index contributed by atoms with van der Waals surface area (Å²) >= 11 is 6.42. The van der Waals surface area contributed by atoms with Gasteiger partial charge in [0.2, 0.25) is 5.95 Å². The van der Waals surface area contributed by atoms with Gasteiger partial charge in [0, 0.05) is 12.1 Å². The SMILES string of the molecule is Cc1ccc(-c2c(Cl)nc(N)nc2NC2(C)CCC(CO)C2C)cc1. The molecule has 1 saturated carbocycles. The molecule has 0 bridgehead atoms. The lowest BCUT2D eigenvalue weighted by molar-refractivity contribution is 0.187. The van der Waals surface area contributed by atoms with Crippen molar-refractivity contribution in [1.29, 1.82) is 0 Å². The second kappa shape index (κ2) is 6.81. The molecule has 1 aromatic heterocycles. The standard InChI is InChI=1S/C19H25ClN4O/c1-11-4-6-13(7-5-11)15-16(20)22-18(21)23-17(15)24-19(3)9-8-14(10-25)12(19)2/h4-7,12,14,25H,8-10H2,1-3H3,(H3,21,22,23,24). The number of halogens is 1. The Morgan fingerprint density at radius 3 is 2.60 bits per heavy atom. The highest BCUT2D eigenvalue weighted by Crippen LogP contribution is 2.44. The molecule has 1 aromatic carbocycles. The van der Waals surface area contributed by atoms with E-state index in [-0.39, 0.29) is 24.0 Å². The summed E-state index contributed by atoms with van der Waals surface area (Å²) in [7, 11) is 0. The van der Waals surface area contributed by atoms with Crippen LogP contribution in [0.3, 0.4) is 0 Å². The van der Waals surface area contributed by atoms with Crippen LogP contribution in [0.25, 0.3) is 11.1 Å². The van der Waals surface area contributed by atoms with Crippen molar-refractivity contribution in [3.8, 4) is 11.1 Å². The Morgan fingerprint density at radius 2 is 2.00 bits per heavy atom. The minimum absolute atomic E-state index is 0.149. The summed E-state index contributed by atoms with van der Waals surface area (Å²) in [4.78, 5) is 8.57. The third-order valence-corrected chi connectivity index (χ3v) is 5.88. The minimum atomic E-state index is -0.184. The number of aryl methyl sites for hydroxylation is 1. The van der Waals surface area contributed by atoms with Crippen LogP contribution in [0.5, 0.6) is 0 Å². The van der Waals surface area contributed by atoms with Crippen LogP contribution in [-0.2, 0) is 0 Å². The fourth-order valence-electron chi connectivity index (χ4n) is 3.70. The second-order valence-electron chi connectivity index (χ2n) is 7.27. The fourth-order valence-corrected chi connectivity index (χ4v) is 3.98. The van der Waals surface area contributed by atoms with E-state index in [9.17, 15) is 5.11 Å². The third-order valence-electron chi connectivity index (χ3n) is 5.61. The molecule has 1 aliphatic carbocycles. The molecule has 0 amide bonds. The van der Waals surface area contributed by atoms with Crippen molar-refractivity contribution < 1.29 is 5.11 Å². The van der Waals surface area contributed by atoms with E-state index in [1.54, 1.807) is 0 Å². The molecule has 0 aliphatic heterocycles. The number of nitrogen functional groups attached to an aromatic ring is 1. The van der Waals surface area contributed by atoms with Gasteiger partial charge in [0.05, 0.1) is 5.56 Å². The maximum atomic E-state index is 9.59. The molecule has 1 heterocycles. The largest absolute Gasteiger partial charge is 0.396 e. The van der Waals surface area contributed by atoms with Crippen molar-refractivity contribution in [2.24, 2.45) is 11.8 Å². The first-order valence-electron chi connectivity index (χ1n) is 8.63. The molecule has 25 heavy (non-hydrogen) atoms. The fraction of sp³-hybridized carbons (Fsp3) is 0.474. The van der Waals surface area contributed by atoms with E-state index in [1.165, 1.54) is 5.56 Å². The van der Waals surface area contributed by atoms with Crippen molar-refractivity contribution in [3.63, 3.8) is 0 Å². The lowest BCUT2D eigenvalue weighted by Crippen LogP contribution is -2.40. The predicted molar refractivity (Wildman–Crippen MR) is 103 cm³/mol. The highest BCUT2D eigenvalue weighted by Gasteiger charge is 2.42. The highest BCUT2D eigenvalue weighted by atomic mass is 35.5. The van der Waals surface area contributed by atoms with Gasteiger partial charge in [-0.25, -0.2) is 4.98 Å². The maximum Gasteiger partial charge on any atom is 0.223 e. The molecule has 6 heteroatoms. The summed E-state index contributed by atoms with van der Waals surface area (Å²) < 4.78 is 0. The molecular weight excluding hydrogens is 336 g/mol. The zero-order valence-electron chi connectivity index (χ0n) is 14.9. The van der Waals surface area contributed by atoms with Crippen LogP contribution in [0.1, 0.15) is 32.3 Å². The van der Waals surface area contributed by atoms with E-state index in [0.717, 1.165) is 24.0 Å². The van der Waals surface area contributed by atoms with Crippen LogP contribution in [0.15, 0.2) is 24.3 Å². The van der Waals surface area contributed by atoms with Gasteiger partial charge >= 0.3 is 0 Å². The van der Waals surface area contributed by atoms with Crippen molar-refractivity contribution in [2.45, 2.75) is 39.2 Å². The van der Waals surface area contributed by atoms with E-state index in [0.29, 0.717) is 16.9 Å². The van der Waals surface area contributed by atoms with Crippen molar-refractivity contribution in [3.05, 3.63) is 35.0 Å². The number of anilines is 2. The summed E-state index contributed by atoms with van der Waals surface area (Å²) in [6.07, 6.45) is 1.93. The van der Waals surface area contributed by atoms with Crippen LogP contribution < -0.4 is 11.1 Å². The second-order valence-corrected chi connectivity index (χ2v) is 7.63. The number of aliphatic hydroxyl groups is 1. The van der Waals surface area contributed by atoms with E-state index < -0.39 is 0 Å². The molecule has 4 N–H and O–H groups in total. The molecule has 3 rings (SSSR count). The number of hydrogen-bond acceptors (Lipinski definition) is 5. The predicted octanol–water partition coefficient (Wildman–Crippen LogP) is 3.90. The van der Waals surface area contributed by atoms with Gasteiger partial charge in [-0.1, -0.05) is 48.4 Å². The highest BCUT2D eigenvalue weighted by molar-refractivity contribution is 6.32. The van der Waals surface area contributed by atoms with Gasteiger partial charge in [0.15, 0.2) is 0 Å². The Kier molecular flexibility index (Phi) is 4.89. The first-order valence-corrected chi connectivity index (χ1v) is 9.01. The summed E-state index contributed by atoms with van der Waals surface area (Å²) in [5, 5.41) is 13.5. The number of hydrogen-bond donors (Lipinski definition) is 3. The summed E-state index contributed by atoms with van der Waals surface area (Å²) in [5.41, 5.74) is 8.55. The first-order chi connectivity index (χ1) is 11.8. The van der Waals surface area contributed by atoms with Crippen LogP contribution in [0.4, 0.5) is 11.8 Å². The van der Waals surface area contributed by atoms with Gasteiger partial charge in [0.25, 0.3) is 0 Å². The topological polar surface area (TPSA) is 84.1 Å². The summed E-state index contributed by atoms with van der Waals surface area (Å²) in [6, 6.07) is 8.09. The molecule has 134 valence electrons. The van der Waals surface area contributed by atoms with E-state index in [2.05, 4.69) is 29.1 Å². The molecule has 2 aromatic rings. The average molecular weight is 361 g/mol. The average Bonchev–Trinajstić information content (AvgIpc) is 2.83. The molecular formula is C19H25ClN4O. The Balaban J connectivity index is 2.03. The summed E-state index contributed by atoms with van der Waals surface area (Å²) in [5.74, 6) is 1.39. The Morgan fingerprint density at radius 1 is 1.32 bits per heavy atom. The normalized spacial score (nSPS) is 26.0. The van der Waals surface area contributed by atoms with E-state index in [1.807, 2.05) is 31.2 Å². The number of benzene rings is 1. The van der Waals surface area contributed by atoms with Gasteiger partial charge < -0.3 is 16.2 Å². The van der Waals surface area contributed by atoms with Crippen LogP contribution >= 0.6 is 11.6 Å². The van der Waals surface area contributed by atoms with Crippen molar-refractivity contribution in [2.75, 3.05) is 17.7 Å². The quantitative estimate of drug-likeness (QED) is 0.720. The van der Waals surface area contributed by atoms with Crippen LogP contribution in [-0.4, -0.2) is 27.2 Å². The Labute approximate surface area is 153 Å². The number of rotatable bonds is 4. The van der Waals surface area contributed by atoms with E-state index in [4.69, 9.17) is 17.3 Å². The number of nitrogens with two attached hydrogens (primary N) is 1. The lowest BCUT2D eigenvalue weighted by Gasteiger charge is -2.33. The molecule has 3 unspecified atom stereocenters. The molecule has 1 aliphatic rings. The first kappa shape index (κ1) is 18.0. The molecule has 0 saturated heterocycles. The lowest BCUT2D eigenvalue weighted by atomic mass is 9.86. The smallest absolute Gasteiger partial charge is 0.223 e. The summed E-state index contributed by atoms with van der Waals surface area (Å²) in [6.45, 7) is 6.58. The monoisotopic (exact) mass is 360 g/mol. The zero-order chi connectivity index (χ0) is 18.2. The minimum Gasteiger partial charge on any atom is -0.396 e. The van der Waals surface area contributed by atoms with Gasteiger partial charge in [-0.2, -0.15) is 4.98 Å². The number of aliphatic hydroxyl groups excluding tert-OH is 1. The Hall–Kier alpha value is -1.85. The number of nitrogens with one attached hydrogen (secondary N) is 1. The molecule has 0 spiro atoms.